The number of alkyl halides is 6. The van der Waals surface area contributed by atoms with Gasteiger partial charge < -0.3 is 9.15 Å². The molecule has 10 heteroatoms. The molecule has 0 radical (unpaired) electrons. The normalized spacial score (nSPS) is 17.3. The molecule has 26 heavy (non-hydrogen) atoms. The van der Waals surface area contributed by atoms with Crippen LogP contribution in [-0.2, 0) is 4.74 Å². The molecule has 3 rings (SSSR count). The number of rotatable bonds is 2. The van der Waals surface area contributed by atoms with Gasteiger partial charge in [-0.05, 0) is 31.2 Å². The lowest BCUT2D eigenvalue weighted by atomic mass is 10.1. The standard InChI is InChI=1S/C16H10F6N2O2/c1-9-4-2-5-10(8-9)12-23-14(15(17,18)19,16(20,21)22)24-13(26-12)11-6-3-7-25-11/h2-8H,1H3. The summed E-state index contributed by atoms with van der Waals surface area (Å²) in [5, 5.41) is 0. The van der Waals surface area contributed by atoms with E-state index < -0.39 is 29.8 Å². The highest BCUT2D eigenvalue weighted by Gasteiger charge is 2.74. The Morgan fingerprint density at radius 2 is 1.54 bits per heavy atom. The minimum absolute atomic E-state index is 0.0539. The predicted octanol–water partition coefficient (Wildman–Crippen LogP) is 4.63. The summed E-state index contributed by atoms with van der Waals surface area (Å²) >= 11 is 0. The van der Waals surface area contributed by atoms with Crippen LogP contribution in [0.25, 0.3) is 0 Å². The maximum absolute atomic E-state index is 13.5. The van der Waals surface area contributed by atoms with Crippen molar-refractivity contribution in [1.29, 1.82) is 0 Å². The summed E-state index contributed by atoms with van der Waals surface area (Å²) in [5.41, 5.74) is -4.15. The highest BCUT2D eigenvalue weighted by atomic mass is 19.4. The number of halogens is 6. The van der Waals surface area contributed by atoms with Gasteiger partial charge in [-0.1, -0.05) is 17.7 Å². The summed E-state index contributed by atoms with van der Waals surface area (Å²) in [6, 6.07) is 8.13. The zero-order valence-electron chi connectivity index (χ0n) is 13.0. The molecule has 0 amide bonds. The molecule has 0 unspecified atom stereocenters. The predicted molar refractivity (Wildman–Crippen MR) is 78.9 cm³/mol. The minimum Gasteiger partial charge on any atom is -0.459 e. The van der Waals surface area contributed by atoms with Crippen LogP contribution in [0.1, 0.15) is 16.9 Å². The van der Waals surface area contributed by atoms with Crippen LogP contribution in [0.5, 0.6) is 0 Å². The van der Waals surface area contributed by atoms with Crippen molar-refractivity contribution in [3.8, 4) is 0 Å². The van der Waals surface area contributed by atoms with Gasteiger partial charge in [0.05, 0.1) is 6.26 Å². The van der Waals surface area contributed by atoms with Gasteiger partial charge in [0.2, 0.25) is 5.90 Å². The third kappa shape index (κ3) is 2.95. The number of hydrogen-bond acceptors (Lipinski definition) is 4. The van der Waals surface area contributed by atoms with Crippen LogP contribution in [-0.4, -0.2) is 29.8 Å². The second-order valence-corrected chi connectivity index (χ2v) is 5.45. The van der Waals surface area contributed by atoms with Crippen LogP contribution in [0.2, 0.25) is 0 Å². The highest BCUT2D eigenvalue weighted by Crippen LogP contribution is 2.49. The second-order valence-electron chi connectivity index (χ2n) is 5.45. The molecule has 4 nitrogen and oxygen atoms in total. The maximum Gasteiger partial charge on any atom is 0.443 e. The molecule has 0 spiro atoms. The second kappa shape index (κ2) is 5.89. The van der Waals surface area contributed by atoms with Gasteiger partial charge in [0, 0.05) is 5.56 Å². The van der Waals surface area contributed by atoms with Crippen LogP contribution in [0.4, 0.5) is 26.3 Å². The van der Waals surface area contributed by atoms with E-state index in [9.17, 15) is 26.3 Å². The van der Waals surface area contributed by atoms with Crippen molar-refractivity contribution in [1.82, 2.24) is 0 Å². The Morgan fingerprint density at radius 3 is 2.08 bits per heavy atom. The molecule has 1 aliphatic heterocycles. The average Bonchev–Trinajstić information content (AvgIpc) is 3.07. The molecule has 2 heterocycles. The molecule has 0 aliphatic carbocycles. The molecule has 2 aromatic rings. The third-order valence-corrected chi connectivity index (χ3v) is 3.51. The Labute approximate surface area is 142 Å². The number of furan rings is 1. The van der Waals surface area contributed by atoms with E-state index in [1.165, 1.54) is 24.3 Å². The van der Waals surface area contributed by atoms with Gasteiger partial charge in [-0.25, -0.2) is 4.99 Å². The summed E-state index contributed by atoms with van der Waals surface area (Å²) in [6.07, 6.45) is -10.6. The van der Waals surface area contributed by atoms with E-state index in [-0.39, 0.29) is 11.3 Å². The summed E-state index contributed by atoms with van der Waals surface area (Å²) in [7, 11) is 0. The van der Waals surface area contributed by atoms with E-state index in [1.54, 1.807) is 13.0 Å². The summed E-state index contributed by atoms with van der Waals surface area (Å²) < 4.78 is 90.7. The lowest BCUT2D eigenvalue weighted by Crippen LogP contribution is -2.56. The van der Waals surface area contributed by atoms with E-state index in [1.807, 2.05) is 0 Å². The molecule has 0 saturated heterocycles. The van der Waals surface area contributed by atoms with Gasteiger partial charge >= 0.3 is 18.0 Å². The van der Waals surface area contributed by atoms with E-state index in [2.05, 4.69) is 9.98 Å². The minimum atomic E-state index is -5.85. The van der Waals surface area contributed by atoms with Gasteiger partial charge in [-0.3, -0.25) is 0 Å². The van der Waals surface area contributed by atoms with Gasteiger partial charge in [-0.2, -0.15) is 31.3 Å². The smallest absolute Gasteiger partial charge is 0.443 e. The fraction of sp³-hybridized carbons (Fsp3) is 0.250. The quantitative estimate of drug-likeness (QED) is 0.718. The molecular weight excluding hydrogens is 366 g/mol. The van der Waals surface area contributed by atoms with E-state index in [0.717, 1.165) is 12.3 Å². The number of benzene rings is 1. The zero-order chi connectivity index (χ0) is 19.2. The SMILES string of the molecule is Cc1cccc(C2=NC(C(F)(F)F)(C(F)(F)F)N=C(c3ccco3)O2)c1. The molecule has 1 aromatic carbocycles. The number of nitrogens with zero attached hydrogens (tertiary/aromatic N) is 2. The Balaban J connectivity index is 2.25. The lowest BCUT2D eigenvalue weighted by molar-refractivity contribution is -0.293. The van der Waals surface area contributed by atoms with Crippen molar-refractivity contribution in [2.75, 3.05) is 0 Å². The van der Waals surface area contributed by atoms with E-state index in [0.29, 0.717) is 5.56 Å². The number of aryl methyl sites for hydroxylation is 1. The van der Waals surface area contributed by atoms with Gasteiger partial charge in [0.25, 0.3) is 5.90 Å². The molecule has 0 fully saturated rings. The van der Waals surface area contributed by atoms with E-state index >= 15 is 0 Å². The summed E-state index contributed by atoms with van der Waals surface area (Å²) in [4.78, 5) is 5.60. The molecule has 138 valence electrons. The largest absolute Gasteiger partial charge is 0.459 e. The molecule has 1 aromatic heterocycles. The number of hydrogen-bond donors (Lipinski definition) is 0. The average molecular weight is 376 g/mol. The number of aliphatic imine (C=N–C) groups is 2. The van der Waals surface area contributed by atoms with Crippen molar-refractivity contribution < 1.29 is 35.5 Å². The third-order valence-electron chi connectivity index (χ3n) is 3.51. The topological polar surface area (TPSA) is 47.1 Å². The van der Waals surface area contributed by atoms with Crippen molar-refractivity contribution in [3.63, 3.8) is 0 Å². The molecular formula is C16H10F6N2O2. The molecule has 1 aliphatic rings. The van der Waals surface area contributed by atoms with E-state index in [4.69, 9.17) is 9.15 Å². The molecule has 0 bridgehead atoms. The van der Waals surface area contributed by atoms with Crippen LogP contribution in [0, 0.1) is 6.92 Å². The first-order valence-electron chi connectivity index (χ1n) is 7.15. The van der Waals surface area contributed by atoms with Crippen LogP contribution in [0.15, 0.2) is 57.1 Å². The van der Waals surface area contributed by atoms with Crippen molar-refractivity contribution in [2.45, 2.75) is 24.9 Å². The first-order valence-corrected chi connectivity index (χ1v) is 7.15. The van der Waals surface area contributed by atoms with Crippen molar-refractivity contribution >= 4 is 11.8 Å². The summed E-state index contributed by atoms with van der Waals surface area (Å²) in [6.45, 7) is 1.62. The monoisotopic (exact) mass is 376 g/mol. The fourth-order valence-corrected chi connectivity index (χ4v) is 2.28. The van der Waals surface area contributed by atoms with Crippen molar-refractivity contribution in [2.24, 2.45) is 9.98 Å². The Kier molecular flexibility index (Phi) is 4.08. The first-order chi connectivity index (χ1) is 12.0. The van der Waals surface area contributed by atoms with Gasteiger partial charge in [-0.15, -0.1) is 0 Å². The number of ether oxygens (including phenoxy) is 1. The maximum atomic E-state index is 13.5. The van der Waals surface area contributed by atoms with Crippen LogP contribution in [0.3, 0.4) is 0 Å². The Bertz CT molecular complexity index is 852. The Morgan fingerprint density at radius 1 is 0.885 bits per heavy atom. The van der Waals surface area contributed by atoms with Gasteiger partial charge in [0.1, 0.15) is 0 Å². The van der Waals surface area contributed by atoms with Gasteiger partial charge in [0.15, 0.2) is 5.76 Å². The summed E-state index contributed by atoms with van der Waals surface area (Å²) in [5.74, 6) is -2.20. The highest BCUT2D eigenvalue weighted by molar-refractivity contribution is 6.07. The van der Waals surface area contributed by atoms with Crippen LogP contribution >= 0.6 is 0 Å². The molecule has 0 saturated carbocycles. The van der Waals surface area contributed by atoms with Crippen LogP contribution < -0.4 is 0 Å². The molecule has 0 N–H and O–H groups in total. The first kappa shape index (κ1) is 18.0. The lowest BCUT2D eigenvalue weighted by Gasteiger charge is -2.33. The molecule has 0 atom stereocenters. The fourth-order valence-electron chi connectivity index (χ4n) is 2.28. The zero-order valence-corrected chi connectivity index (χ0v) is 13.0. The van der Waals surface area contributed by atoms with Crippen molar-refractivity contribution in [3.05, 3.63) is 59.5 Å². The Hall–Kier alpha value is -2.78.